The number of guanidine groups is 1. The first-order valence-corrected chi connectivity index (χ1v) is 14.9. The topological polar surface area (TPSA) is 192 Å². The van der Waals surface area contributed by atoms with Crippen molar-refractivity contribution in [3.63, 3.8) is 0 Å². The monoisotopic (exact) mass is 636 g/mol. The summed E-state index contributed by atoms with van der Waals surface area (Å²) in [6.07, 6.45) is -1.25. The summed E-state index contributed by atoms with van der Waals surface area (Å²) in [6.45, 7) is 16.0. The first-order chi connectivity index (χ1) is 20.7. The Kier molecular flexibility index (Phi) is 9.24. The van der Waals surface area contributed by atoms with Gasteiger partial charge in [0.1, 0.15) is 29.4 Å². The molecule has 2 N–H and O–H groups in total. The van der Waals surface area contributed by atoms with E-state index in [0.717, 1.165) is 5.06 Å². The van der Waals surface area contributed by atoms with Crippen LogP contribution in [0, 0.1) is 0 Å². The molecule has 0 spiro atoms. The molecular weight excluding hydrogens is 592 g/mol. The van der Waals surface area contributed by atoms with Crippen LogP contribution >= 0.6 is 0 Å². The number of likely N-dealkylation sites (tertiary alicyclic amines) is 1. The third-order valence-electron chi connectivity index (χ3n) is 6.85. The molecule has 4 rings (SSSR count). The zero-order valence-corrected chi connectivity index (χ0v) is 27.3. The van der Waals surface area contributed by atoms with Crippen molar-refractivity contribution in [3.05, 3.63) is 11.8 Å². The molecule has 0 radical (unpaired) electrons. The van der Waals surface area contributed by atoms with Gasteiger partial charge in [0.2, 0.25) is 17.7 Å². The van der Waals surface area contributed by atoms with E-state index in [1.54, 1.807) is 67.2 Å². The van der Waals surface area contributed by atoms with E-state index in [1.165, 1.54) is 9.80 Å². The SMILES string of the molecule is CC(C)(C)OC(=O)/N=C(/NC(=O)OC(C)(C)C)N1CC(N(Cc2nnc([C@@H]3CC[C@H]4CN3C(=O)N4O)o2)C(=O)OC(C)(C)C)C1. The maximum Gasteiger partial charge on any atom is 0.437 e. The van der Waals surface area contributed by atoms with E-state index in [4.69, 9.17) is 18.6 Å². The maximum absolute atomic E-state index is 13.3. The Hall–Kier alpha value is -4.15. The summed E-state index contributed by atoms with van der Waals surface area (Å²) >= 11 is 0. The van der Waals surface area contributed by atoms with E-state index >= 15 is 0 Å². The van der Waals surface area contributed by atoms with Crippen LogP contribution in [0.2, 0.25) is 0 Å². The molecule has 45 heavy (non-hydrogen) atoms. The summed E-state index contributed by atoms with van der Waals surface area (Å²) in [5.41, 5.74) is -2.41. The van der Waals surface area contributed by atoms with Gasteiger partial charge in [0, 0.05) is 19.6 Å². The third-order valence-corrected chi connectivity index (χ3v) is 6.85. The number of amides is 5. The molecule has 0 aliphatic carbocycles. The average molecular weight is 637 g/mol. The molecule has 5 amide bonds. The molecule has 0 unspecified atom stereocenters. The fourth-order valence-corrected chi connectivity index (χ4v) is 4.95. The van der Waals surface area contributed by atoms with Gasteiger partial charge >= 0.3 is 24.3 Å². The van der Waals surface area contributed by atoms with Crippen LogP contribution in [0.4, 0.5) is 19.2 Å². The number of piperidine rings is 1. The lowest BCUT2D eigenvalue weighted by Gasteiger charge is -2.45. The van der Waals surface area contributed by atoms with E-state index in [0.29, 0.717) is 19.4 Å². The molecule has 3 aliphatic heterocycles. The predicted molar refractivity (Wildman–Crippen MR) is 156 cm³/mol. The molecule has 17 heteroatoms. The molecule has 3 fully saturated rings. The van der Waals surface area contributed by atoms with Gasteiger partial charge < -0.3 is 28.4 Å². The van der Waals surface area contributed by atoms with Crippen LogP contribution in [0.5, 0.6) is 0 Å². The minimum Gasteiger partial charge on any atom is -0.444 e. The normalized spacial score (nSPS) is 21.0. The Labute approximate surface area is 261 Å². The van der Waals surface area contributed by atoms with Crippen LogP contribution in [0.3, 0.4) is 0 Å². The minimum atomic E-state index is -0.908. The highest BCUT2D eigenvalue weighted by atomic mass is 16.6. The lowest BCUT2D eigenvalue weighted by molar-refractivity contribution is -0.0584. The number of alkyl carbamates (subject to hydrolysis) is 1. The molecule has 3 aliphatic rings. The summed E-state index contributed by atoms with van der Waals surface area (Å²) in [5.74, 6) is 0.237. The van der Waals surface area contributed by atoms with Crippen LogP contribution in [0.25, 0.3) is 0 Å². The minimum absolute atomic E-state index is 0.0947. The fraction of sp³-hybridized carbons (Fsp3) is 0.750. The van der Waals surface area contributed by atoms with Gasteiger partial charge in [-0.25, -0.2) is 24.2 Å². The highest BCUT2D eigenvalue weighted by molar-refractivity contribution is 5.99. The number of carbonyl (C=O) groups is 4. The first-order valence-electron chi connectivity index (χ1n) is 14.9. The molecule has 4 heterocycles. The van der Waals surface area contributed by atoms with Crippen LogP contribution in [-0.2, 0) is 20.8 Å². The van der Waals surface area contributed by atoms with Crippen molar-refractivity contribution in [2.75, 3.05) is 19.6 Å². The summed E-state index contributed by atoms with van der Waals surface area (Å²) in [7, 11) is 0. The van der Waals surface area contributed by atoms with Gasteiger partial charge in [0.25, 0.3) is 0 Å². The van der Waals surface area contributed by atoms with Crippen LogP contribution < -0.4 is 5.32 Å². The smallest absolute Gasteiger partial charge is 0.437 e. The Morgan fingerprint density at radius 1 is 0.956 bits per heavy atom. The summed E-state index contributed by atoms with van der Waals surface area (Å²) in [4.78, 5) is 59.4. The van der Waals surface area contributed by atoms with Crippen LogP contribution in [-0.4, -0.2) is 114 Å². The van der Waals surface area contributed by atoms with Crippen LogP contribution in [0.15, 0.2) is 9.41 Å². The van der Waals surface area contributed by atoms with Gasteiger partial charge in [-0.3, -0.25) is 15.4 Å². The Morgan fingerprint density at radius 2 is 1.58 bits per heavy atom. The number of rotatable bonds is 4. The number of hydrogen-bond donors (Lipinski definition) is 2. The van der Waals surface area contributed by atoms with Gasteiger partial charge in [-0.05, 0) is 75.2 Å². The molecule has 0 saturated carbocycles. The quantitative estimate of drug-likeness (QED) is 0.211. The standard InChI is InChI=1S/C28H44N8O9/c1-26(2,3)43-22(37)29-21(30-23(38)44-27(4,5)6)33-12-17(13-33)34(25(40)45-28(7,8)9)15-19-31-32-20(42-19)18-11-10-16-14-35(18)24(39)36(16)41/h16-18,41H,10-15H2,1-9H3,(H,29,30,37,38)/t16-,18-/m0/s1. The van der Waals surface area contributed by atoms with Gasteiger partial charge in [0.05, 0.1) is 12.1 Å². The lowest BCUT2D eigenvalue weighted by atomic mass is 10.0. The maximum atomic E-state index is 13.3. The highest BCUT2D eigenvalue weighted by Crippen LogP contribution is 2.37. The fourth-order valence-electron chi connectivity index (χ4n) is 4.95. The summed E-state index contributed by atoms with van der Waals surface area (Å²) in [6, 6.07) is -1.74. The largest absolute Gasteiger partial charge is 0.444 e. The molecule has 1 aromatic rings. The number of nitrogens with zero attached hydrogens (tertiary/aromatic N) is 7. The second-order valence-electron chi connectivity index (χ2n) is 14.3. The summed E-state index contributed by atoms with van der Waals surface area (Å²) in [5, 5.41) is 21.5. The van der Waals surface area contributed by atoms with Crippen molar-refractivity contribution < 1.29 is 43.0 Å². The van der Waals surface area contributed by atoms with Gasteiger partial charge in [-0.2, -0.15) is 0 Å². The molecule has 0 aromatic carbocycles. The Bertz CT molecular complexity index is 1320. The summed E-state index contributed by atoms with van der Waals surface area (Å²) < 4.78 is 22.2. The number of aliphatic imine (C=N–C) groups is 1. The number of nitrogens with one attached hydrogen (secondary N) is 1. The number of aromatic nitrogens is 2. The average Bonchev–Trinajstić information content (AvgIpc) is 3.38. The van der Waals surface area contributed by atoms with E-state index in [9.17, 15) is 24.4 Å². The Balaban J connectivity index is 1.50. The lowest BCUT2D eigenvalue weighted by Crippen LogP contribution is -2.65. The second kappa shape index (κ2) is 12.3. The molecule has 2 atom stereocenters. The second-order valence-corrected chi connectivity index (χ2v) is 14.3. The zero-order chi connectivity index (χ0) is 33.5. The third kappa shape index (κ3) is 8.73. The van der Waals surface area contributed by atoms with Gasteiger partial charge in [-0.15, -0.1) is 15.2 Å². The van der Waals surface area contributed by atoms with E-state index in [2.05, 4.69) is 20.5 Å². The number of fused-ring (bicyclic) bond motifs is 2. The number of carbonyl (C=O) groups excluding carboxylic acids is 4. The van der Waals surface area contributed by atoms with Crippen molar-refractivity contribution in [1.82, 2.24) is 35.3 Å². The number of hydroxylamine groups is 2. The molecule has 1 aromatic heterocycles. The molecular formula is C28H44N8O9. The number of urea groups is 1. The Morgan fingerprint density at radius 3 is 2.18 bits per heavy atom. The van der Waals surface area contributed by atoms with Crippen LogP contribution in [0.1, 0.15) is 93.0 Å². The van der Waals surface area contributed by atoms with E-state index in [-0.39, 0.29) is 43.4 Å². The number of hydrogen-bond acceptors (Lipinski definition) is 11. The molecule has 250 valence electrons. The van der Waals surface area contributed by atoms with Crippen molar-refractivity contribution >= 4 is 30.3 Å². The van der Waals surface area contributed by atoms with Gasteiger partial charge in [-0.1, -0.05) is 0 Å². The molecule has 17 nitrogen and oxygen atoms in total. The predicted octanol–water partition coefficient (Wildman–Crippen LogP) is 3.64. The van der Waals surface area contributed by atoms with Crippen molar-refractivity contribution in [2.24, 2.45) is 4.99 Å². The molecule has 3 saturated heterocycles. The van der Waals surface area contributed by atoms with Crippen molar-refractivity contribution in [3.8, 4) is 0 Å². The van der Waals surface area contributed by atoms with Crippen molar-refractivity contribution in [2.45, 2.75) is 117 Å². The number of ether oxygens (including phenoxy) is 3. The highest BCUT2D eigenvalue weighted by Gasteiger charge is 2.47. The first kappa shape index (κ1) is 33.7. The van der Waals surface area contributed by atoms with E-state index < -0.39 is 53.2 Å². The molecule has 2 bridgehead atoms. The van der Waals surface area contributed by atoms with Gasteiger partial charge in [0.15, 0.2) is 0 Å². The zero-order valence-electron chi connectivity index (χ0n) is 27.3. The van der Waals surface area contributed by atoms with Crippen molar-refractivity contribution in [1.29, 1.82) is 0 Å². The van der Waals surface area contributed by atoms with E-state index in [1.807, 2.05) is 0 Å².